The largest absolute Gasteiger partial charge is 0.476 e. The molecule has 0 spiro atoms. The van der Waals surface area contributed by atoms with Gasteiger partial charge in [0.05, 0.1) is 0 Å². The number of likely N-dealkylation sites (N-methyl/N-ethyl adjacent to an activating group) is 1. The van der Waals surface area contributed by atoms with Crippen molar-refractivity contribution < 1.29 is 4.74 Å². The minimum atomic E-state index is 0.523. The molecule has 1 rings (SSSR count). The van der Waals surface area contributed by atoms with E-state index in [0.717, 1.165) is 25.2 Å². The molecule has 0 aliphatic carbocycles. The van der Waals surface area contributed by atoms with Crippen LogP contribution in [0.4, 0.5) is 0 Å². The molecule has 0 unspecified atom stereocenters. The first-order chi connectivity index (χ1) is 7.80. The number of nitrogens with zero attached hydrogens (tertiary/aromatic N) is 2. The van der Waals surface area contributed by atoms with Gasteiger partial charge in [0.2, 0.25) is 5.88 Å². The molecule has 0 saturated carbocycles. The summed E-state index contributed by atoms with van der Waals surface area (Å²) < 4.78 is 5.57. The molecular formula is C12H21N3O. The zero-order valence-corrected chi connectivity index (χ0v) is 10.1. The van der Waals surface area contributed by atoms with Crippen LogP contribution in [0.1, 0.15) is 19.4 Å². The van der Waals surface area contributed by atoms with E-state index in [9.17, 15) is 0 Å². The van der Waals surface area contributed by atoms with Gasteiger partial charge in [0, 0.05) is 25.4 Å². The van der Waals surface area contributed by atoms with E-state index in [1.54, 1.807) is 6.20 Å². The fourth-order valence-corrected chi connectivity index (χ4v) is 1.48. The highest BCUT2D eigenvalue weighted by atomic mass is 16.5. The summed E-state index contributed by atoms with van der Waals surface area (Å²) in [6.45, 7) is 8.53. The molecule has 4 nitrogen and oxygen atoms in total. The molecule has 0 atom stereocenters. The van der Waals surface area contributed by atoms with E-state index in [1.807, 2.05) is 12.1 Å². The van der Waals surface area contributed by atoms with Crippen LogP contribution in [0.25, 0.3) is 0 Å². The second kappa shape index (κ2) is 7.19. The zero-order valence-electron chi connectivity index (χ0n) is 10.1. The highest BCUT2D eigenvalue weighted by Gasteiger charge is 2.00. The normalized spacial score (nSPS) is 10.8. The van der Waals surface area contributed by atoms with Crippen molar-refractivity contribution in [1.82, 2.24) is 9.88 Å². The van der Waals surface area contributed by atoms with Gasteiger partial charge in [-0.2, -0.15) is 0 Å². The lowest BCUT2D eigenvalue weighted by atomic mass is 10.3. The third-order valence-electron chi connectivity index (χ3n) is 2.59. The van der Waals surface area contributed by atoms with Crippen LogP contribution in [0.3, 0.4) is 0 Å². The number of nitrogens with two attached hydrogens (primary N) is 1. The fourth-order valence-electron chi connectivity index (χ4n) is 1.48. The average molecular weight is 223 g/mol. The van der Waals surface area contributed by atoms with Gasteiger partial charge in [-0.25, -0.2) is 4.98 Å². The third kappa shape index (κ3) is 4.16. The second-order valence-corrected chi connectivity index (χ2v) is 3.58. The van der Waals surface area contributed by atoms with Crippen LogP contribution in [-0.2, 0) is 6.54 Å². The molecule has 0 fully saturated rings. The summed E-state index contributed by atoms with van der Waals surface area (Å²) in [5, 5.41) is 0. The molecule has 16 heavy (non-hydrogen) atoms. The Morgan fingerprint density at radius 1 is 1.38 bits per heavy atom. The van der Waals surface area contributed by atoms with Gasteiger partial charge in [-0.15, -0.1) is 0 Å². The van der Waals surface area contributed by atoms with E-state index in [1.165, 1.54) is 0 Å². The summed E-state index contributed by atoms with van der Waals surface area (Å²) >= 11 is 0. The fraction of sp³-hybridized carbons (Fsp3) is 0.583. The minimum absolute atomic E-state index is 0.523. The van der Waals surface area contributed by atoms with Gasteiger partial charge >= 0.3 is 0 Å². The van der Waals surface area contributed by atoms with E-state index < -0.39 is 0 Å². The first-order valence-corrected chi connectivity index (χ1v) is 5.80. The maximum absolute atomic E-state index is 5.57. The first kappa shape index (κ1) is 12.9. The van der Waals surface area contributed by atoms with Crippen molar-refractivity contribution in [1.29, 1.82) is 0 Å². The third-order valence-corrected chi connectivity index (χ3v) is 2.59. The summed E-state index contributed by atoms with van der Waals surface area (Å²) in [7, 11) is 0. The van der Waals surface area contributed by atoms with Gasteiger partial charge in [0.15, 0.2) is 0 Å². The Labute approximate surface area is 97.4 Å². The van der Waals surface area contributed by atoms with Crippen LogP contribution < -0.4 is 10.5 Å². The van der Waals surface area contributed by atoms with Gasteiger partial charge in [-0.1, -0.05) is 13.8 Å². The van der Waals surface area contributed by atoms with E-state index in [0.29, 0.717) is 19.0 Å². The maximum Gasteiger partial charge on any atom is 0.213 e. The molecule has 0 radical (unpaired) electrons. The van der Waals surface area contributed by atoms with Crippen LogP contribution in [0.5, 0.6) is 5.88 Å². The quantitative estimate of drug-likeness (QED) is 0.756. The molecule has 2 N–H and O–H groups in total. The smallest absolute Gasteiger partial charge is 0.213 e. The Balaban J connectivity index is 2.36. The lowest BCUT2D eigenvalue weighted by molar-refractivity contribution is 0.218. The summed E-state index contributed by atoms with van der Waals surface area (Å²) in [5.41, 5.74) is 6.60. The predicted octanol–water partition coefficient (Wildman–Crippen LogP) is 1.26. The molecule has 0 aliphatic heterocycles. The topological polar surface area (TPSA) is 51.4 Å². The summed E-state index contributed by atoms with van der Waals surface area (Å²) in [6.07, 6.45) is 1.73. The Morgan fingerprint density at radius 2 is 2.12 bits per heavy atom. The molecule has 0 bridgehead atoms. The predicted molar refractivity (Wildman–Crippen MR) is 65.4 cm³/mol. The molecule has 1 aromatic rings. The Kier molecular flexibility index (Phi) is 5.82. The molecule has 1 heterocycles. The van der Waals surface area contributed by atoms with E-state index in [4.69, 9.17) is 10.5 Å². The number of hydrogen-bond acceptors (Lipinski definition) is 4. The van der Waals surface area contributed by atoms with Crippen molar-refractivity contribution in [3.05, 3.63) is 23.9 Å². The van der Waals surface area contributed by atoms with Crippen LogP contribution in [0.2, 0.25) is 0 Å². The minimum Gasteiger partial charge on any atom is -0.476 e. The monoisotopic (exact) mass is 223 g/mol. The van der Waals surface area contributed by atoms with Crippen molar-refractivity contribution in [2.45, 2.75) is 20.4 Å². The summed E-state index contributed by atoms with van der Waals surface area (Å²) in [4.78, 5) is 6.45. The Bertz CT molecular complexity index is 300. The van der Waals surface area contributed by atoms with Gasteiger partial charge in [-0.3, -0.25) is 0 Å². The van der Waals surface area contributed by atoms with Crippen molar-refractivity contribution in [2.24, 2.45) is 5.73 Å². The molecule has 0 saturated heterocycles. The van der Waals surface area contributed by atoms with Gasteiger partial charge in [0.1, 0.15) is 6.61 Å². The van der Waals surface area contributed by atoms with Crippen LogP contribution in [-0.4, -0.2) is 36.1 Å². The number of hydrogen-bond donors (Lipinski definition) is 1. The van der Waals surface area contributed by atoms with E-state index >= 15 is 0 Å². The average Bonchev–Trinajstić information content (AvgIpc) is 2.35. The SMILES string of the molecule is CCN(CC)CCOc1cc(CN)ccn1. The lowest BCUT2D eigenvalue weighted by Gasteiger charge is -2.17. The summed E-state index contributed by atoms with van der Waals surface area (Å²) in [6, 6.07) is 3.79. The zero-order chi connectivity index (χ0) is 11.8. The Hall–Kier alpha value is -1.13. The maximum atomic E-state index is 5.57. The molecule has 4 heteroatoms. The number of ether oxygens (including phenoxy) is 1. The van der Waals surface area contributed by atoms with Crippen molar-refractivity contribution in [3.8, 4) is 5.88 Å². The van der Waals surface area contributed by atoms with Gasteiger partial charge in [0.25, 0.3) is 0 Å². The van der Waals surface area contributed by atoms with E-state index in [2.05, 4.69) is 23.7 Å². The van der Waals surface area contributed by atoms with Crippen molar-refractivity contribution in [2.75, 3.05) is 26.2 Å². The molecule has 90 valence electrons. The lowest BCUT2D eigenvalue weighted by Crippen LogP contribution is -2.28. The molecule has 0 amide bonds. The Morgan fingerprint density at radius 3 is 2.75 bits per heavy atom. The first-order valence-electron chi connectivity index (χ1n) is 5.80. The number of rotatable bonds is 7. The molecule has 0 aliphatic rings. The summed E-state index contributed by atoms with van der Waals surface area (Å²) in [5.74, 6) is 0.662. The van der Waals surface area contributed by atoms with Crippen LogP contribution >= 0.6 is 0 Å². The van der Waals surface area contributed by atoms with Crippen LogP contribution in [0.15, 0.2) is 18.3 Å². The van der Waals surface area contributed by atoms with E-state index in [-0.39, 0.29) is 0 Å². The number of aromatic nitrogens is 1. The number of pyridine rings is 1. The van der Waals surface area contributed by atoms with Gasteiger partial charge < -0.3 is 15.4 Å². The highest BCUT2D eigenvalue weighted by Crippen LogP contribution is 2.08. The molecule has 1 aromatic heterocycles. The second-order valence-electron chi connectivity index (χ2n) is 3.58. The van der Waals surface area contributed by atoms with Crippen molar-refractivity contribution >= 4 is 0 Å². The standard InChI is InChI=1S/C12H21N3O/c1-3-15(4-2)7-8-16-12-9-11(10-13)5-6-14-12/h5-6,9H,3-4,7-8,10,13H2,1-2H3. The van der Waals surface area contributed by atoms with Crippen molar-refractivity contribution in [3.63, 3.8) is 0 Å². The van der Waals surface area contributed by atoms with Gasteiger partial charge in [-0.05, 0) is 24.7 Å². The molecular weight excluding hydrogens is 202 g/mol. The highest BCUT2D eigenvalue weighted by molar-refractivity contribution is 5.19. The van der Waals surface area contributed by atoms with Crippen LogP contribution in [0, 0.1) is 0 Å². The molecule has 0 aromatic carbocycles.